The van der Waals surface area contributed by atoms with E-state index in [9.17, 15) is 26.8 Å². The van der Waals surface area contributed by atoms with Crippen LogP contribution in [0.25, 0.3) is 0 Å². The maximum Gasteiger partial charge on any atom is 0.265 e. The van der Waals surface area contributed by atoms with Crippen LogP contribution in [0.1, 0.15) is 19.3 Å². The summed E-state index contributed by atoms with van der Waals surface area (Å²) < 4.78 is 59.5. The Morgan fingerprint density at radius 1 is 1.04 bits per heavy atom. The normalized spacial score (nSPS) is 14.9. The Hall–Kier alpha value is -3.01. The molecular weight excluding hydrogens is 394 g/mol. The van der Waals surface area contributed by atoms with Crippen LogP contribution in [0.5, 0.6) is 5.75 Å². The molecule has 7 nitrogen and oxygen atoms in total. The molecule has 0 saturated carbocycles. The molecule has 1 heterocycles. The highest BCUT2D eigenvalue weighted by atomic mass is 32.2. The summed E-state index contributed by atoms with van der Waals surface area (Å²) in [6.07, 6.45) is 0.763. The van der Waals surface area contributed by atoms with Crippen molar-refractivity contribution in [1.29, 1.82) is 0 Å². The fraction of sp³-hybridized carbons (Fsp3) is 0.222. The molecule has 10 heteroatoms. The monoisotopic (exact) mass is 410 g/mol. The van der Waals surface area contributed by atoms with Crippen molar-refractivity contribution in [2.75, 3.05) is 16.7 Å². The molecule has 0 bridgehead atoms. The number of methoxy groups -OCH3 is 1. The Morgan fingerprint density at radius 2 is 1.71 bits per heavy atom. The smallest absolute Gasteiger partial charge is 0.265 e. The standard InChI is InChI=1S/C18H16F2N2O5S/c1-27-15-8-6-12(22-17(23)3-2-4-18(22)24)10-16(15)28(25,26)21-14-7-5-11(19)9-13(14)20/h5-10,21H,2-4H2,1H3. The van der Waals surface area contributed by atoms with Crippen LogP contribution in [0.15, 0.2) is 41.3 Å². The van der Waals surface area contributed by atoms with E-state index in [-0.39, 0.29) is 24.3 Å². The van der Waals surface area contributed by atoms with Gasteiger partial charge in [-0.05, 0) is 36.8 Å². The van der Waals surface area contributed by atoms with Crippen LogP contribution in [0.4, 0.5) is 20.2 Å². The van der Waals surface area contributed by atoms with E-state index in [1.54, 1.807) is 0 Å². The highest BCUT2D eigenvalue weighted by molar-refractivity contribution is 7.92. The molecule has 0 unspecified atom stereocenters. The van der Waals surface area contributed by atoms with Gasteiger partial charge in [-0.2, -0.15) is 0 Å². The molecule has 28 heavy (non-hydrogen) atoms. The molecule has 148 valence electrons. The van der Waals surface area contributed by atoms with Crippen molar-refractivity contribution < 1.29 is 31.5 Å². The first kappa shape index (κ1) is 19.7. The second-order valence-corrected chi connectivity index (χ2v) is 7.69. The average Bonchev–Trinajstić information content (AvgIpc) is 2.64. The first-order chi connectivity index (χ1) is 13.2. The molecule has 3 rings (SSSR count). The maximum absolute atomic E-state index is 13.9. The number of ether oxygens (including phenoxy) is 1. The number of rotatable bonds is 5. The highest BCUT2D eigenvalue weighted by Crippen LogP contribution is 2.32. The summed E-state index contributed by atoms with van der Waals surface area (Å²) in [5, 5.41) is 0. The number of nitrogens with one attached hydrogen (secondary N) is 1. The molecule has 0 radical (unpaired) electrons. The lowest BCUT2D eigenvalue weighted by Gasteiger charge is -2.25. The van der Waals surface area contributed by atoms with Gasteiger partial charge in [0.15, 0.2) is 0 Å². The van der Waals surface area contributed by atoms with Gasteiger partial charge in [-0.1, -0.05) is 0 Å². The third-order valence-corrected chi connectivity index (χ3v) is 5.54. The molecule has 2 amide bonds. The number of carbonyl (C=O) groups excluding carboxylic acids is 2. The molecule has 1 saturated heterocycles. The van der Waals surface area contributed by atoms with Crippen molar-refractivity contribution >= 4 is 33.2 Å². The largest absolute Gasteiger partial charge is 0.495 e. The molecule has 1 fully saturated rings. The Kier molecular flexibility index (Phi) is 5.32. The predicted molar refractivity (Wildman–Crippen MR) is 96.5 cm³/mol. The molecule has 1 N–H and O–H groups in total. The van der Waals surface area contributed by atoms with E-state index in [0.29, 0.717) is 12.5 Å². The lowest BCUT2D eigenvalue weighted by Crippen LogP contribution is -2.40. The van der Waals surface area contributed by atoms with Crippen molar-refractivity contribution in [3.8, 4) is 5.75 Å². The van der Waals surface area contributed by atoms with Gasteiger partial charge in [0.1, 0.15) is 22.3 Å². The third kappa shape index (κ3) is 3.81. The van der Waals surface area contributed by atoms with Gasteiger partial charge in [0.2, 0.25) is 11.8 Å². The summed E-state index contributed by atoms with van der Waals surface area (Å²) in [4.78, 5) is 24.7. The lowest BCUT2D eigenvalue weighted by molar-refractivity contribution is -0.129. The number of hydrogen-bond donors (Lipinski definition) is 1. The lowest BCUT2D eigenvalue weighted by atomic mass is 10.1. The Labute approximate surface area is 160 Å². The van der Waals surface area contributed by atoms with E-state index >= 15 is 0 Å². The quantitative estimate of drug-likeness (QED) is 0.766. The molecule has 0 spiro atoms. The summed E-state index contributed by atoms with van der Waals surface area (Å²) in [5.74, 6) is -2.91. The van der Waals surface area contributed by atoms with Crippen LogP contribution in [0.3, 0.4) is 0 Å². The van der Waals surface area contributed by atoms with Crippen LogP contribution in [-0.2, 0) is 19.6 Å². The Morgan fingerprint density at radius 3 is 2.32 bits per heavy atom. The van der Waals surface area contributed by atoms with Crippen molar-refractivity contribution in [3.63, 3.8) is 0 Å². The van der Waals surface area contributed by atoms with Gasteiger partial charge in [0.25, 0.3) is 10.0 Å². The second-order valence-electron chi connectivity index (χ2n) is 6.04. The first-order valence-corrected chi connectivity index (χ1v) is 9.73. The van der Waals surface area contributed by atoms with E-state index in [0.717, 1.165) is 23.1 Å². The zero-order valence-corrected chi connectivity index (χ0v) is 15.6. The minimum atomic E-state index is -4.37. The Balaban J connectivity index is 2.04. The van der Waals surface area contributed by atoms with Gasteiger partial charge >= 0.3 is 0 Å². The number of nitrogens with zero attached hydrogens (tertiary/aromatic N) is 1. The summed E-state index contributed by atoms with van der Waals surface area (Å²) in [7, 11) is -3.13. The molecule has 0 aliphatic carbocycles. The van der Waals surface area contributed by atoms with E-state index in [1.165, 1.54) is 19.2 Å². The van der Waals surface area contributed by atoms with Gasteiger partial charge in [-0.15, -0.1) is 0 Å². The summed E-state index contributed by atoms with van der Waals surface area (Å²) in [6, 6.07) is 6.16. The number of amides is 2. The zero-order valence-electron chi connectivity index (χ0n) is 14.7. The van der Waals surface area contributed by atoms with E-state index in [2.05, 4.69) is 0 Å². The topological polar surface area (TPSA) is 92.8 Å². The average molecular weight is 410 g/mol. The van der Waals surface area contributed by atoms with Gasteiger partial charge in [-0.25, -0.2) is 17.2 Å². The van der Waals surface area contributed by atoms with Gasteiger partial charge in [0.05, 0.1) is 18.5 Å². The van der Waals surface area contributed by atoms with Crippen LogP contribution in [0.2, 0.25) is 0 Å². The molecule has 0 aromatic heterocycles. The predicted octanol–water partition coefficient (Wildman–Crippen LogP) is 2.82. The summed E-state index contributed by atoms with van der Waals surface area (Å²) >= 11 is 0. The number of benzene rings is 2. The minimum absolute atomic E-state index is 0.0652. The van der Waals surface area contributed by atoms with Crippen molar-refractivity contribution in [2.45, 2.75) is 24.2 Å². The van der Waals surface area contributed by atoms with Crippen molar-refractivity contribution in [1.82, 2.24) is 0 Å². The van der Waals surface area contributed by atoms with E-state index in [1.807, 2.05) is 4.72 Å². The fourth-order valence-electron chi connectivity index (χ4n) is 2.83. The summed E-state index contributed by atoms with van der Waals surface area (Å²) in [5.41, 5.74) is -0.394. The number of sulfonamides is 1. The van der Waals surface area contributed by atoms with Gasteiger partial charge < -0.3 is 4.74 Å². The van der Waals surface area contributed by atoms with E-state index < -0.39 is 44.1 Å². The number of anilines is 2. The Bertz CT molecular complexity index is 1040. The number of carbonyl (C=O) groups is 2. The van der Waals surface area contributed by atoms with E-state index in [4.69, 9.17) is 4.74 Å². The van der Waals surface area contributed by atoms with Crippen molar-refractivity contribution in [3.05, 3.63) is 48.0 Å². The van der Waals surface area contributed by atoms with Crippen molar-refractivity contribution in [2.24, 2.45) is 0 Å². The second kappa shape index (κ2) is 7.55. The molecule has 2 aromatic carbocycles. The summed E-state index contributed by atoms with van der Waals surface area (Å²) in [6.45, 7) is 0. The van der Waals surface area contributed by atoms with Crippen LogP contribution >= 0.6 is 0 Å². The van der Waals surface area contributed by atoms with Gasteiger partial charge in [0, 0.05) is 18.9 Å². The molecule has 2 aromatic rings. The SMILES string of the molecule is COc1ccc(N2C(=O)CCCC2=O)cc1S(=O)(=O)Nc1ccc(F)cc1F. The third-order valence-electron chi connectivity index (χ3n) is 4.15. The fourth-order valence-corrected chi connectivity index (χ4v) is 4.09. The molecule has 0 atom stereocenters. The zero-order chi connectivity index (χ0) is 20.5. The molecule has 1 aliphatic rings. The maximum atomic E-state index is 13.9. The number of halogens is 2. The highest BCUT2D eigenvalue weighted by Gasteiger charge is 2.30. The van der Waals surface area contributed by atoms with Gasteiger partial charge in [-0.3, -0.25) is 19.2 Å². The van der Waals surface area contributed by atoms with Crippen LogP contribution in [-0.4, -0.2) is 27.3 Å². The first-order valence-electron chi connectivity index (χ1n) is 8.24. The van der Waals surface area contributed by atoms with Crippen LogP contribution in [0, 0.1) is 11.6 Å². The number of piperidine rings is 1. The molecular formula is C18H16F2N2O5S. The molecule has 1 aliphatic heterocycles. The number of imide groups is 1. The number of hydrogen-bond acceptors (Lipinski definition) is 5. The minimum Gasteiger partial charge on any atom is -0.495 e. The van der Waals surface area contributed by atoms with Crippen LogP contribution < -0.4 is 14.4 Å².